The number of nitrogens with zero attached hydrogens (tertiary/aromatic N) is 3. The number of halogens is 6. The molecule has 1 atom stereocenters. The number of ether oxygens (including phenoxy) is 1. The second kappa shape index (κ2) is 9.57. The van der Waals surface area contributed by atoms with Crippen LogP contribution in [0.4, 0.5) is 32.0 Å². The van der Waals surface area contributed by atoms with E-state index in [0.29, 0.717) is 12.3 Å². The van der Waals surface area contributed by atoms with E-state index in [9.17, 15) is 31.1 Å². The summed E-state index contributed by atoms with van der Waals surface area (Å²) in [4.78, 5) is 17.4. The third-order valence-electron chi connectivity index (χ3n) is 4.89. The molecule has 0 spiro atoms. The van der Waals surface area contributed by atoms with Crippen LogP contribution in [0.15, 0.2) is 41.6 Å². The van der Waals surface area contributed by atoms with Gasteiger partial charge in [-0.2, -0.15) is 18.6 Å². The average molecular weight is 475 g/mol. The van der Waals surface area contributed by atoms with Gasteiger partial charge in [-0.25, -0.2) is 18.2 Å². The molecule has 2 heterocycles. The first kappa shape index (κ1) is 24.2. The summed E-state index contributed by atoms with van der Waals surface area (Å²) >= 11 is 0. The van der Waals surface area contributed by atoms with Crippen molar-refractivity contribution in [3.05, 3.63) is 53.5 Å². The minimum Gasteiger partial charge on any atom is -0.475 e. The fourth-order valence-electron chi connectivity index (χ4n) is 3.23. The zero-order valence-corrected chi connectivity index (χ0v) is 16.9. The lowest BCUT2D eigenvalue weighted by atomic mass is 10.1. The van der Waals surface area contributed by atoms with Gasteiger partial charge >= 0.3 is 6.18 Å². The maximum atomic E-state index is 14.5. The lowest BCUT2D eigenvalue weighted by Gasteiger charge is -2.27. The van der Waals surface area contributed by atoms with E-state index < -0.39 is 48.5 Å². The van der Waals surface area contributed by atoms with E-state index in [4.69, 9.17) is 10.1 Å². The molecule has 4 N–H and O–H groups in total. The van der Waals surface area contributed by atoms with Crippen molar-refractivity contribution >= 4 is 24.0 Å². The molecule has 1 aromatic heterocycles. The number of nitrogens with two attached hydrogens (primary N) is 2. The van der Waals surface area contributed by atoms with E-state index in [0.717, 1.165) is 29.3 Å². The van der Waals surface area contributed by atoms with Gasteiger partial charge in [0.05, 0.1) is 5.56 Å². The Hall–Kier alpha value is -3.48. The van der Waals surface area contributed by atoms with Gasteiger partial charge in [0.2, 0.25) is 5.88 Å². The van der Waals surface area contributed by atoms with Crippen molar-refractivity contribution < 1.29 is 46.7 Å². The Balaban J connectivity index is 1.80. The fourth-order valence-corrected chi connectivity index (χ4v) is 3.23. The second-order valence-electron chi connectivity index (χ2n) is 7.07. The van der Waals surface area contributed by atoms with E-state index in [1.165, 1.54) is 17.7 Å². The molecule has 13 heteroatoms. The van der Waals surface area contributed by atoms with Gasteiger partial charge in [-0.05, 0) is 18.2 Å². The van der Waals surface area contributed by atoms with Crippen molar-refractivity contribution in [1.29, 1.82) is 0 Å². The predicted octanol–water partition coefficient (Wildman–Crippen LogP) is 1.18. The van der Waals surface area contributed by atoms with Gasteiger partial charge in [0.15, 0.2) is 11.9 Å². The molecule has 1 aromatic carbocycles. The van der Waals surface area contributed by atoms with Crippen molar-refractivity contribution in [3.8, 4) is 5.88 Å². The van der Waals surface area contributed by atoms with Crippen molar-refractivity contribution in [2.24, 2.45) is 5.10 Å². The first-order chi connectivity index (χ1) is 15.5. The SMILES string of the molecule is [NH2+]=CC=N[NH2+]c1ccc(F)cc1C(=O)N1CCC(F)(F)C1COc1ccc(C(F)(F)F)cn1. The molecule has 33 heavy (non-hydrogen) atoms. The van der Waals surface area contributed by atoms with Crippen LogP contribution in [0.2, 0.25) is 0 Å². The van der Waals surface area contributed by atoms with E-state index in [1.54, 1.807) is 0 Å². The highest BCUT2D eigenvalue weighted by molar-refractivity contribution is 6.12. The number of alkyl halides is 5. The van der Waals surface area contributed by atoms with Crippen molar-refractivity contribution in [3.63, 3.8) is 0 Å². The Labute approximate surface area is 183 Å². The molecule has 2 aromatic rings. The number of aromatic nitrogens is 1. The molecule has 1 saturated heterocycles. The Morgan fingerprint density at radius 3 is 2.73 bits per heavy atom. The topological polar surface area (TPSA) is 97.0 Å². The normalized spacial score (nSPS) is 18.0. The molecule has 1 aliphatic heterocycles. The van der Waals surface area contributed by atoms with Gasteiger partial charge in [-0.15, -0.1) is 0 Å². The molecule has 0 saturated carbocycles. The molecule has 1 fully saturated rings. The Morgan fingerprint density at radius 1 is 1.33 bits per heavy atom. The molecule has 0 radical (unpaired) electrons. The summed E-state index contributed by atoms with van der Waals surface area (Å²) in [6.07, 6.45) is -2.42. The number of carbonyl (C=O) groups excluding carboxylic acids is 1. The van der Waals surface area contributed by atoms with Crippen LogP contribution in [0.5, 0.6) is 5.88 Å². The number of hydrogen-bond acceptors (Lipinski definition) is 4. The summed E-state index contributed by atoms with van der Waals surface area (Å²) in [6, 6.07) is 3.11. The molecule has 1 unspecified atom stereocenters. The van der Waals surface area contributed by atoms with Crippen LogP contribution in [0.25, 0.3) is 0 Å². The number of benzene rings is 1. The number of rotatable bonds is 7. The van der Waals surface area contributed by atoms with Gasteiger partial charge in [-0.1, -0.05) is 5.10 Å². The lowest BCUT2D eigenvalue weighted by molar-refractivity contribution is -0.577. The maximum absolute atomic E-state index is 14.5. The summed E-state index contributed by atoms with van der Waals surface area (Å²) in [7, 11) is 0. The molecule has 0 bridgehead atoms. The van der Waals surface area contributed by atoms with E-state index >= 15 is 0 Å². The van der Waals surface area contributed by atoms with Crippen molar-refractivity contribution in [2.45, 2.75) is 24.6 Å². The Bertz CT molecular complexity index is 1040. The zero-order valence-electron chi connectivity index (χ0n) is 16.9. The predicted molar refractivity (Wildman–Crippen MR) is 104 cm³/mol. The molecule has 1 aliphatic rings. The number of hydrogen-bond donors (Lipinski definition) is 2. The van der Waals surface area contributed by atoms with Gasteiger partial charge in [0.25, 0.3) is 11.8 Å². The minimum atomic E-state index is -4.61. The average Bonchev–Trinajstić information content (AvgIpc) is 3.06. The van der Waals surface area contributed by atoms with Crippen LogP contribution in [-0.4, -0.2) is 53.3 Å². The number of pyridine rings is 1. The fraction of sp³-hybridized carbons (Fsp3) is 0.300. The molecule has 7 nitrogen and oxygen atoms in total. The van der Waals surface area contributed by atoms with Crippen LogP contribution in [0.1, 0.15) is 22.3 Å². The highest BCUT2D eigenvalue weighted by Gasteiger charge is 2.51. The molecule has 3 rings (SSSR count). The van der Waals surface area contributed by atoms with E-state index in [-0.39, 0.29) is 23.7 Å². The zero-order chi connectivity index (χ0) is 24.2. The monoisotopic (exact) mass is 475 g/mol. The number of likely N-dealkylation sites (tertiary alicyclic amines) is 1. The number of carbonyl (C=O) groups is 1. The first-order valence-corrected chi connectivity index (χ1v) is 9.57. The molecule has 1 amide bonds. The molecule has 176 valence electrons. The molecular formula is C20H19F6N5O2+2. The summed E-state index contributed by atoms with van der Waals surface area (Å²) in [6.45, 7) is -1.07. The highest BCUT2D eigenvalue weighted by Crippen LogP contribution is 2.36. The minimum absolute atomic E-state index is 0.179. The summed E-state index contributed by atoms with van der Waals surface area (Å²) in [5, 5.41) is 9.01. The lowest BCUT2D eigenvalue weighted by Crippen LogP contribution is -2.72. The van der Waals surface area contributed by atoms with Gasteiger partial charge in [-0.3, -0.25) is 10.2 Å². The van der Waals surface area contributed by atoms with Crippen LogP contribution < -0.4 is 15.6 Å². The van der Waals surface area contributed by atoms with E-state index in [2.05, 4.69) is 10.1 Å². The second-order valence-corrected chi connectivity index (χ2v) is 7.07. The third-order valence-corrected chi connectivity index (χ3v) is 4.89. The van der Waals surface area contributed by atoms with Gasteiger partial charge < -0.3 is 9.64 Å². The van der Waals surface area contributed by atoms with Crippen LogP contribution >= 0.6 is 0 Å². The Kier molecular flexibility index (Phi) is 7.01. The summed E-state index contributed by atoms with van der Waals surface area (Å²) in [5.41, 5.74) is 0.183. The highest BCUT2D eigenvalue weighted by atomic mass is 19.4. The summed E-state index contributed by atoms with van der Waals surface area (Å²) in [5.74, 6) is -5.28. The largest absolute Gasteiger partial charge is 0.475 e. The molecular weight excluding hydrogens is 456 g/mol. The van der Waals surface area contributed by atoms with Crippen LogP contribution in [0.3, 0.4) is 0 Å². The number of amides is 1. The standard InChI is InChI=1S/C20H17F6N5O2/c21-13-2-3-15(30-29-7-6-27)14(9-13)18(32)31-8-5-19(22,23)16(31)11-33-17-4-1-12(10-28-17)20(24,25)26/h1-4,6-7,9-10,16,27,30H,5,8,11H2/p+2. The third kappa shape index (κ3) is 5.66. The van der Waals surface area contributed by atoms with Gasteiger partial charge in [0, 0.05) is 31.3 Å². The Morgan fingerprint density at radius 2 is 2.09 bits per heavy atom. The van der Waals surface area contributed by atoms with Crippen molar-refractivity contribution in [2.75, 3.05) is 13.2 Å². The molecule has 0 aliphatic carbocycles. The van der Waals surface area contributed by atoms with Crippen LogP contribution in [0, 0.1) is 5.82 Å². The number of quaternary nitrogens is 1. The maximum Gasteiger partial charge on any atom is 0.417 e. The van der Waals surface area contributed by atoms with Gasteiger partial charge in [0.1, 0.15) is 30.2 Å². The van der Waals surface area contributed by atoms with E-state index in [1.807, 2.05) is 0 Å². The van der Waals surface area contributed by atoms with Crippen LogP contribution in [-0.2, 0) is 6.18 Å². The quantitative estimate of drug-likeness (QED) is 0.207. The smallest absolute Gasteiger partial charge is 0.417 e. The van der Waals surface area contributed by atoms with Crippen molar-refractivity contribution in [1.82, 2.24) is 9.88 Å². The first-order valence-electron chi connectivity index (χ1n) is 9.57. The summed E-state index contributed by atoms with van der Waals surface area (Å²) < 4.78 is 85.9.